The van der Waals surface area contributed by atoms with E-state index in [0.29, 0.717) is 0 Å². The van der Waals surface area contributed by atoms with Gasteiger partial charge >= 0.3 is 5.97 Å². The fourth-order valence-corrected chi connectivity index (χ4v) is 1.66. The van der Waals surface area contributed by atoms with Crippen molar-refractivity contribution in [3.8, 4) is 0 Å². The summed E-state index contributed by atoms with van der Waals surface area (Å²) in [4.78, 5) is 10.6. The van der Waals surface area contributed by atoms with Crippen molar-refractivity contribution in [2.45, 2.75) is 20.3 Å². The second-order valence-corrected chi connectivity index (χ2v) is 4.21. The Labute approximate surface area is 108 Å². The van der Waals surface area contributed by atoms with E-state index in [-0.39, 0.29) is 6.42 Å². The summed E-state index contributed by atoms with van der Waals surface area (Å²) in [5.74, 6) is -0.811. The molecule has 94 valence electrons. The van der Waals surface area contributed by atoms with Gasteiger partial charge in [0.05, 0.1) is 6.42 Å². The summed E-state index contributed by atoms with van der Waals surface area (Å²) < 4.78 is 0. The van der Waals surface area contributed by atoms with Crippen molar-refractivity contribution in [3.63, 3.8) is 0 Å². The van der Waals surface area contributed by atoms with Crippen LogP contribution in [-0.4, -0.2) is 11.1 Å². The number of hydrogen-bond donors (Lipinski definition) is 1. The normalized spacial score (nSPS) is 11.8. The van der Waals surface area contributed by atoms with Crippen LogP contribution in [-0.2, 0) is 11.2 Å². The van der Waals surface area contributed by atoms with Crippen LogP contribution in [0.25, 0.3) is 5.57 Å². The minimum atomic E-state index is -0.811. The molecular formula is C16H18O2. The molecule has 0 aliphatic heterocycles. The van der Waals surface area contributed by atoms with Crippen molar-refractivity contribution in [1.29, 1.82) is 0 Å². The molecule has 0 saturated carbocycles. The summed E-state index contributed by atoms with van der Waals surface area (Å²) >= 11 is 0. The Kier molecular flexibility index (Phi) is 5.12. The van der Waals surface area contributed by atoms with Crippen molar-refractivity contribution < 1.29 is 9.90 Å². The second kappa shape index (κ2) is 6.60. The standard InChI is InChI=1S/C16H18O2/c1-4-5-15(10-12(2)3)14-8-6-13(7-9-14)11-16(17)18/h4-10H,2,11H2,1,3H3,(H,17,18). The summed E-state index contributed by atoms with van der Waals surface area (Å²) in [5.41, 5.74) is 3.93. The third kappa shape index (κ3) is 4.42. The average Bonchev–Trinajstić information content (AvgIpc) is 2.28. The summed E-state index contributed by atoms with van der Waals surface area (Å²) in [6.45, 7) is 7.78. The highest BCUT2D eigenvalue weighted by molar-refractivity contribution is 5.76. The largest absolute Gasteiger partial charge is 0.481 e. The third-order valence-electron chi connectivity index (χ3n) is 2.39. The molecular weight excluding hydrogens is 224 g/mol. The van der Waals surface area contributed by atoms with Gasteiger partial charge in [-0.2, -0.15) is 0 Å². The van der Waals surface area contributed by atoms with Crippen LogP contribution in [0.2, 0.25) is 0 Å². The van der Waals surface area contributed by atoms with E-state index in [2.05, 4.69) is 6.58 Å². The SMILES string of the molecule is C=C(C)C=C(C=CC)c1ccc(CC(=O)O)cc1. The van der Waals surface area contributed by atoms with E-state index < -0.39 is 5.97 Å². The average molecular weight is 242 g/mol. The molecule has 0 aliphatic rings. The molecule has 1 rings (SSSR count). The number of benzene rings is 1. The number of allylic oxidation sites excluding steroid dienone is 5. The highest BCUT2D eigenvalue weighted by Gasteiger charge is 2.02. The van der Waals surface area contributed by atoms with E-state index in [4.69, 9.17) is 5.11 Å². The molecule has 0 bridgehead atoms. The highest BCUT2D eigenvalue weighted by Crippen LogP contribution is 2.18. The molecule has 0 radical (unpaired) electrons. The lowest BCUT2D eigenvalue weighted by Gasteiger charge is -2.04. The monoisotopic (exact) mass is 242 g/mol. The van der Waals surface area contributed by atoms with Gasteiger partial charge in [-0.25, -0.2) is 0 Å². The maximum Gasteiger partial charge on any atom is 0.307 e. The zero-order chi connectivity index (χ0) is 13.5. The zero-order valence-corrected chi connectivity index (χ0v) is 10.8. The first-order valence-corrected chi connectivity index (χ1v) is 5.84. The fraction of sp³-hybridized carbons (Fsp3) is 0.188. The van der Waals surface area contributed by atoms with E-state index in [9.17, 15) is 4.79 Å². The van der Waals surface area contributed by atoms with Crippen LogP contribution >= 0.6 is 0 Å². The predicted molar refractivity (Wildman–Crippen MR) is 75.4 cm³/mol. The van der Waals surface area contributed by atoms with Crippen LogP contribution < -0.4 is 0 Å². The summed E-state index contributed by atoms with van der Waals surface area (Å²) in [6, 6.07) is 7.57. The second-order valence-electron chi connectivity index (χ2n) is 4.21. The predicted octanol–water partition coefficient (Wildman–Crippen LogP) is 3.85. The van der Waals surface area contributed by atoms with Crippen LogP contribution in [0, 0.1) is 0 Å². The molecule has 0 aliphatic carbocycles. The molecule has 1 aromatic carbocycles. The molecule has 1 aromatic rings. The Morgan fingerprint density at radius 3 is 2.39 bits per heavy atom. The molecule has 0 spiro atoms. The molecule has 0 fully saturated rings. The zero-order valence-electron chi connectivity index (χ0n) is 10.8. The number of rotatable bonds is 5. The summed E-state index contributed by atoms with van der Waals surface area (Å²) in [7, 11) is 0. The Bertz CT molecular complexity index is 490. The fourth-order valence-electron chi connectivity index (χ4n) is 1.66. The van der Waals surface area contributed by atoms with Gasteiger partial charge < -0.3 is 5.11 Å². The van der Waals surface area contributed by atoms with Crippen molar-refractivity contribution >= 4 is 11.5 Å². The van der Waals surface area contributed by atoms with E-state index in [1.165, 1.54) is 0 Å². The molecule has 0 atom stereocenters. The molecule has 2 heteroatoms. The van der Waals surface area contributed by atoms with Crippen LogP contribution in [0.1, 0.15) is 25.0 Å². The lowest BCUT2D eigenvalue weighted by molar-refractivity contribution is -0.136. The van der Waals surface area contributed by atoms with Crippen LogP contribution in [0.5, 0.6) is 0 Å². The van der Waals surface area contributed by atoms with E-state index in [0.717, 1.165) is 22.3 Å². The number of aliphatic carboxylic acids is 1. The Hall–Kier alpha value is -2.09. The van der Waals surface area contributed by atoms with Gasteiger partial charge in [-0.15, -0.1) is 0 Å². The first-order valence-electron chi connectivity index (χ1n) is 5.84. The third-order valence-corrected chi connectivity index (χ3v) is 2.39. The molecule has 0 amide bonds. The number of carboxylic acid groups (broad SMARTS) is 1. The molecule has 18 heavy (non-hydrogen) atoms. The van der Waals surface area contributed by atoms with Crippen LogP contribution in [0.4, 0.5) is 0 Å². The maximum absolute atomic E-state index is 10.6. The molecule has 0 saturated heterocycles. The lowest BCUT2D eigenvalue weighted by Crippen LogP contribution is -1.99. The lowest BCUT2D eigenvalue weighted by atomic mass is 10.0. The van der Waals surface area contributed by atoms with Gasteiger partial charge in [0, 0.05) is 0 Å². The Morgan fingerprint density at radius 1 is 1.33 bits per heavy atom. The van der Waals surface area contributed by atoms with Gasteiger partial charge in [-0.1, -0.05) is 54.6 Å². The van der Waals surface area contributed by atoms with Gasteiger partial charge in [0.25, 0.3) is 0 Å². The molecule has 0 heterocycles. The van der Waals surface area contributed by atoms with Gasteiger partial charge in [-0.05, 0) is 30.5 Å². The van der Waals surface area contributed by atoms with Crippen molar-refractivity contribution in [2.24, 2.45) is 0 Å². The first kappa shape index (κ1) is 14.0. The molecule has 2 nitrogen and oxygen atoms in total. The highest BCUT2D eigenvalue weighted by atomic mass is 16.4. The molecule has 0 unspecified atom stereocenters. The van der Waals surface area contributed by atoms with Crippen LogP contribution in [0.3, 0.4) is 0 Å². The smallest absolute Gasteiger partial charge is 0.307 e. The van der Waals surface area contributed by atoms with E-state index >= 15 is 0 Å². The van der Waals surface area contributed by atoms with E-state index in [1.807, 2.05) is 56.3 Å². The first-order chi connectivity index (χ1) is 8.52. The number of carbonyl (C=O) groups is 1. The quantitative estimate of drug-likeness (QED) is 0.796. The maximum atomic E-state index is 10.6. The topological polar surface area (TPSA) is 37.3 Å². The Balaban J connectivity index is 3.01. The summed E-state index contributed by atoms with van der Waals surface area (Å²) in [5, 5.41) is 8.71. The van der Waals surface area contributed by atoms with Gasteiger partial charge in [0.15, 0.2) is 0 Å². The number of carboxylic acids is 1. The van der Waals surface area contributed by atoms with Gasteiger partial charge in [0.2, 0.25) is 0 Å². The number of hydrogen-bond acceptors (Lipinski definition) is 1. The summed E-state index contributed by atoms with van der Waals surface area (Å²) in [6.07, 6.45) is 6.05. The van der Waals surface area contributed by atoms with Gasteiger partial charge in [0.1, 0.15) is 0 Å². The van der Waals surface area contributed by atoms with Crippen molar-refractivity contribution in [1.82, 2.24) is 0 Å². The molecule has 1 N–H and O–H groups in total. The minimum Gasteiger partial charge on any atom is -0.481 e. The van der Waals surface area contributed by atoms with Crippen molar-refractivity contribution in [3.05, 3.63) is 65.8 Å². The molecule has 0 aromatic heterocycles. The van der Waals surface area contributed by atoms with Crippen molar-refractivity contribution in [2.75, 3.05) is 0 Å². The van der Waals surface area contributed by atoms with Gasteiger partial charge in [-0.3, -0.25) is 4.79 Å². The minimum absolute atomic E-state index is 0.0590. The Morgan fingerprint density at radius 2 is 1.94 bits per heavy atom. The van der Waals surface area contributed by atoms with Crippen LogP contribution in [0.15, 0.2) is 54.6 Å². The van der Waals surface area contributed by atoms with E-state index in [1.54, 1.807) is 0 Å².